The van der Waals surface area contributed by atoms with E-state index in [2.05, 4.69) is 65.3 Å². The van der Waals surface area contributed by atoms with Gasteiger partial charge < -0.3 is 9.80 Å². The number of para-hydroxylation sites is 1. The van der Waals surface area contributed by atoms with Crippen LogP contribution < -0.4 is 4.90 Å². The predicted octanol–water partition coefficient (Wildman–Crippen LogP) is 7.83. The number of hydrogen-bond donors (Lipinski definition) is 0. The van der Waals surface area contributed by atoms with E-state index in [-0.39, 0.29) is 5.82 Å². The number of hydrogen-bond acceptors (Lipinski definition) is 4. The molecule has 2 heterocycles. The van der Waals surface area contributed by atoms with Crippen LogP contribution in [0.4, 0.5) is 15.1 Å². The zero-order valence-corrected chi connectivity index (χ0v) is 22.6. The van der Waals surface area contributed by atoms with Crippen LogP contribution in [0.3, 0.4) is 0 Å². The average Bonchev–Trinajstić information content (AvgIpc) is 3.42. The van der Waals surface area contributed by atoms with Crippen LogP contribution in [0.15, 0.2) is 114 Å². The summed E-state index contributed by atoms with van der Waals surface area (Å²) in [6, 6.07) is 36.1. The van der Waals surface area contributed by atoms with Crippen molar-refractivity contribution in [1.82, 2.24) is 9.88 Å². The Kier molecular flexibility index (Phi) is 7.19. The van der Waals surface area contributed by atoms with Gasteiger partial charge in [-0.1, -0.05) is 114 Å². The zero-order chi connectivity index (χ0) is 26.6. The van der Waals surface area contributed by atoms with Crippen molar-refractivity contribution in [2.75, 3.05) is 31.1 Å². The molecule has 5 aromatic rings. The lowest BCUT2D eigenvalue weighted by Gasteiger charge is -2.38. The zero-order valence-electron chi connectivity index (χ0n) is 21.8. The first-order chi connectivity index (χ1) is 19.2. The van der Waals surface area contributed by atoms with Crippen LogP contribution in [0.1, 0.15) is 11.1 Å². The summed E-state index contributed by atoms with van der Waals surface area (Å²) in [5.74, 6) is 0.743. The van der Waals surface area contributed by atoms with E-state index < -0.39 is 0 Å². The Hall–Kier alpha value is -4.29. The number of amidine groups is 1. The first-order valence-corrected chi connectivity index (χ1v) is 14.0. The average molecular weight is 533 g/mol. The molecule has 194 valence electrons. The van der Waals surface area contributed by atoms with Gasteiger partial charge in [-0.25, -0.2) is 14.4 Å². The molecule has 1 aliphatic heterocycles. The molecule has 0 unspecified atom stereocenters. The van der Waals surface area contributed by atoms with Crippen LogP contribution in [0, 0.1) is 12.7 Å². The van der Waals surface area contributed by atoms with Gasteiger partial charge in [0.05, 0.1) is 5.69 Å². The Labute approximate surface area is 232 Å². The molecule has 1 saturated heterocycles. The number of aromatic nitrogens is 1. The van der Waals surface area contributed by atoms with Crippen molar-refractivity contribution in [3.63, 3.8) is 0 Å². The highest BCUT2D eigenvalue weighted by molar-refractivity contribution is 7.19. The summed E-state index contributed by atoms with van der Waals surface area (Å²) < 4.78 is 14.5. The highest BCUT2D eigenvalue weighted by Crippen LogP contribution is 2.40. The fraction of sp³-hybridized carbons (Fsp3) is 0.152. The van der Waals surface area contributed by atoms with Crippen molar-refractivity contribution >= 4 is 27.9 Å². The van der Waals surface area contributed by atoms with Crippen LogP contribution >= 0.6 is 11.3 Å². The normalized spacial score (nSPS) is 14.1. The second-order valence-electron chi connectivity index (χ2n) is 9.63. The van der Waals surface area contributed by atoms with Crippen molar-refractivity contribution in [2.45, 2.75) is 6.92 Å². The first-order valence-electron chi connectivity index (χ1n) is 13.2. The Morgan fingerprint density at radius 3 is 2.03 bits per heavy atom. The van der Waals surface area contributed by atoms with E-state index in [4.69, 9.17) is 9.98 Å². The van der Waals surface area contributed by atoms with Gasteiger partial charge >= 0.3 is 0 Å². The monoisotopic (exact) mass is 532 g/mol. The van der Waals surface area contributed by atoms with E-state index >= 15 is 0 Å². The molecule has 4 aromatic carbocycles. The van der Waals surface area contributed by atoms with Gasteiger partial charge in [-0.2, -0.15) is 0 Å². The molecule has 0 saturated carbocycles. The molecule has 0 bridgehead atoms. The summed E-state index contributed by atoms with van der Waals surface area (Å²) in [4.78, 5) is 14.8. The fourth-order valence-corrected chi connectivity index (χ4v) is 5.83. The quantitative estimate of drug-likeness (QED) is 0.171. The number of nitrogens with zero attached hydrogens (tertiary/aromatic N) is 4. The number of halogens is 1. The summed E-state index contributed by atoms with van der Waals surface area (Å²) in [5.41, 5.74) is 5.94. The molecule has 0 amide bonds. The maximum atomic E-state index is 14.5. The van der Waals surface area contributed by atoms with E-state index in [1.165, 1.54) is 11.6 Å². The van der Waals surface area contributed by atoms with Gasteiger partial charge in [0.1, 0.15) is 27.4 Å². The molecule has 0 spiro atoms. The lowest BCUT2D eigenvalue weighted by atomic mass is 10.1. The van der Waals surface area contributed by atoms with Crippen molar-refractivity contribution in [1.29, 1.82) is 0 Å². The van der Waals surface area contributed by atoms with Gasteiger partial charge in [-0.3, -0.25) is 0 Å². The van der Waals surface area contributed by atoms with Crippen LogP contribution in [-0.4, -0.2) is 41.9 Å². The third-order valence-corrected chi connectivity index (χ3v) is 7.97. The Morgan fingerprint density at radius 2 is 1.36 bits per heavy atom. The molecule has 1 aromatic heterocycles. The molecule has 4 nitrogen and oxygen atoms in total. The number of benzene rings is 4. The number of thiazole rings is 1. The molecule has 1 aliphatic rings. The molecular weight excluding hydrogens is 503 g/mol. The maximum absolute atomic E-state index is 14.5. The van der Waals surface area contributed by atoms with Crippen molar-refractivity contribution in [2.24, 2.45) is 4.99 Å². The number of aliphatic imine (C=N–C) groups is 1. The summed E-state index contributed by atoms with van der Waals surface area (Å²) in [6.45, 7) is 5.01. The highest BCUT2D eigenvalue weighted by Gasteiger charge is 2.24. The van der Waals surface area contributed by atoms with Crippen LogP contribution in [-0.2, 0) is 0 Å². The minimum absolute atomic E-state index is 0.177. The van der Waals surface area contributed by atoms with Gasteiger partial charge in [0.15, 0.2) is 0 Å². The van der Waals surface area contributed by atoms with Crippen molar-refractivity contribution in [3.05, 3.63) is 126 Å². The molecule has 39 heavy (non-hydrogen) atoms. The molecule has 0 radical (unpaired) electrons. The summed E-state index contributed by atoms with van der Waals surface area (Å²) >= 11 is 1.61. The second-order valence-corrected chi connectivity index (χ2v) is 10.6. The standard InChI is InChI=1S/C33H29FN4S/c1-24-16-18-26(19-17-24)31(38-22-20-37(21-23-38)29-15-9-8-14-28(29)34)36-33-30(25-10-4-2-5-11-25)35-32(39-33)27-12-6-3-7-13-27/h2-19H,20-23H2,1H3. The van der Waals surface area contributed by atoms with Gasteiger partial charge in [-0.05, 0) is 19.1 Å². The topological polar surface area (TPSA) is 31.7 Å². The summed E-state index contributed by atoms with van der Waals surface area (Å²) in [5, 5.41) is 1.83. The predicted molar refractivity (Wildman–Crippen MR) is 161 cm³/mol. The molecule has 6 heteroatoms. The SMILES string of the molecule is Cc1ccc(C(=Nc2sc(-c3ccccc3)nc2-c2ccccc2)N2CCN(c3ccccc3F)CC2)cc1. The second kappa shape index (κ2) is 11.2. The van der Waals surface area contributed by atoms with E-state index in [9.17, 15) is 4.39 Å². The van der Waals surface area contributed by atoms with Crippen molar-refractivity contribution < 1.29 is 4.39 Å². The molecule has 1 fully saturated rings. The molecule has 0 aliphatic carbocycles. The molecule has 6 rings (SSSR count). The van der Waals surface area contributed by atoms with Gasteiger partial charge in [0.2, 0.25) is 0 Å². The number of anilines is 1. The Bertz CT molecular complexity index is 1570. The smallest absolute Gasteiger partial charge is 0.146 e. The Balaban J connectivity index is 1.40. The third-order valence-electron chi connectivity index (χ3n) is 6.97. The van der Waals surface area contributed by atoms with Gasteiger partial charge in [0.25, 0.3) is 0 Å². The third kappa shape index (κ3) is 5.47. The lowest BCUT2D eigenvalue weighted by molar-refractivity contribution is 0.384. The largest absolute Gasteiger partial charge is 0.366 e. The minimum Gasteiger partial charge on any atom is -0.366 e. The Morgan fingerprint density at radius 1 is 0.744 bits per heavy atom. The van der Waals surface area contributed by atoms with E-state index in [0.29, 0.717) is 5.69 Å². The summed E-state index contributed by atoms with van der Waals surface area (Å²) in [6.07, 6.45) is 0. The van der Waals surface area contributed by atoms with Crippen LogP contribution in [0.5, 0.6) is 0 Å². The molecule has 0 N–H and O–H groups in total. The van der Waals surface area contributed by atoms with Crippen molar-refractivity contribution in [3.8, 4) is 21.8 Å². The van der Waals surface area contributed by atoms with E-state index in [1.54, 1.807) is 17.4 Å². The van der Waals surface area contributed by atoms with Gasteiger partial charge in [0, 0.05) is 42.9 Å². The fourth-order valence-electron chi connectivity index (χ4n) is 4.86. The van der Waals surface area contributed by atoms with E-state index in [1.807, 2.05) is 48.5 Å². The number of aryl methyl sites for hydroxylation is 1. The lowest BCUT2D eigenvalue weighted by Crippen LogP contribution is -2.49. The number of piperazine rings is 1. The highest BCUT2D eigenvalue weighted by atomic mass is 32.1. The molecular formula is C33H29FN4S. The summed E-state index contributed by atoms with van der Waals surface area (Å²) in [7, 11) is 0. The van der Waals surface area contributed by atoms with Crippen LogP contribution in [0.2, 0.25) is 0 Å². The van der Waals surface area contributed by atoms with Crippen LogP contribution in [0.25, 0.3) is 21.8 Å². The van der Waals surface area contributed by atoms with E-state index in [0.717, 1.165) is 64.4 Å². The van der Waals surface area contributed by atoms with Gasteiger partial charge in [-0.15, -0.1) is 0 Å². The first kappa shape index (κ1) is 25.0. The maximum Gasteiger partial charge on any atom is 0.146 e. The minimum atomic E-state index is -0.177. The number of rotatable bonds is 5. The molecule has 0 atom stereocenters.